The van der Waals surface area contributed by atoms with Crippen molar-refractivity contribution in [2.75, 3.05) is 11.9 Å². The van der Waals surface area contributed by atoms with Gasteiger partial charge in [0.2, 0.25) is 0 Å². The van der Waals surface area contributed by atoms with Gasteiger partial charge in [-0.2, -0.15) is 0 Å². The van der Waals surface area contributed by atoms with Gasteiger partial charge >= 0.3 is 5.97 Å². The van der Waals surface area contributed by atoms with Gasteiger partial charge < -0.3 is 10.4 Å². The molecule has 106 valence electrons. The van der Waals surface area contributed by atoms with Gasteiger partial charge in [0.1, 0.15) is 5.82 Å². The average molecular weight is 272 g/mol. The molecule has 1 aromatic carbocycles. The summed E-state index contributed by atoms with van der Waals surface area (Å²) in [6, 6.07) is 8.92. The number of nitrogens with one attached hydrogen (secondary N) is 1. The number of nitrogens with zero attached hydrogens (tertiary/aromatic N) is 1. The van der Waals surface area contributed by atoms with E-state index in [1.807, 2.05) is 18.2 Å². The molecular weight excluding hydrogens is 252 g/mol. The summed E-state index contributed by atoms with van der Waals surface area (Å²) >= 11 is 0. The Bertz CT molecular complexity index is 608. The van der Waals surface area contributed by atoms with E-state index in [4.69, 9.17) is 0 Å². The smallest absolute Gasteiger partial charge is 0.336 e. The van der Waals surface area contributed by atoms with E-state index >= 15 is 0 Å². The molecule has 0 aliphatic rings. The van der Waals surface area contributed by atoms with E-state index in [1.54, 1.807) is 12.1 Å². The van der Waals surface area contributed by atoms with Gasteiger partial charge in [0.15, 0.2) is 0 Å². The van der Waals surface area contributed by atoms with Crippen LogP contribution in [0.4, 0.5) is 5.82 Å². The second-order valence-electron chi connectivity index (χ2n) is 5.34. The Kier molecular flexibility index (Phi) is 4.56. The molecule has 0 spiro atoms. The van der Waals surface area contributed by atoms with Crippen molar-refractivity contribution in [1.82, 2.24) is 4.98 Å². The lowest BCUT2D eigenvalue weighted by Gasteiger charge is -2.10. The monoisotopic (exact) mass is 272 g/mol. The van der Waals surface area contributed by atoms with Crippen LogP contribution in [0, 0.1) is 5.92 Å². The first-order valence-electron chi connectivity index (χ1n) is 6.95. The molecule has 2 N–H and O–H groups in total. The lowest BCUT2D eigenvalue weighted by molar-refractivity contribution is 0.0699. The van der Waals surface area contributed by atoms with Crippen molar-refractivity contribution in [3.8, 4) is 0 Å². The highest BCUT2D eigenvalue weighted by molar-refractivity contribution is 6.03. The first-order valence-corrected chi connectivity index (χ1v) is 6.95. The summed E-state index contributed by atoms with van der Waals surface area (Å²) in [5.74, 6) is 0.384. The van der Waals surface area contributed by atoms with Gasteiger partial charge in [-0.3, -0.25) is 0 Å². The minimum atomic E-state index is -0.922. The number of para-hydroxylation sites is 1. The molecule has 2 aromatic rings. The fraction of sp³-hybridized carbons (Fsp3) is 0.375. The lowest BCUT2D eigenvalue weighted by Crippen LogP contribution is -2.07. The quantitative estimate of drug-likeness (QED) is 0.785. The zero-order valence-electron chi connectivity index (χ0n) is 11.9. The van der Waals surface area contributed by atoms with Crippen LogP contribution in [0.25, 0.3) is 10.9 Å². The number of hydrogen-bond donors (Lipinski definition) is 2. The Morgan fingerprint density at radius 2 is 2.10 bits per heavy atom. The van der Waals surface area contributed by atoms with Gasteiger partial charge in [0.05, 0.1) is 11.1 Å². The number of hydrogen-bond acceptors (Lipinski definition) is 3. The van der Waals surface area contributed by atoms with Crippen LogP contribution in [0.2, 0.25) is 0 Å². The third-order valence-corrected chi connectivity index (χ3v) is 3.21. The second kappa shape index (κ2) is 6.37. The minimum Gasteiger partial charge on any atom is -0.478 e. The molecule has 20 heavy (non-hydrogen) atoms. The van der Waals surface area contributed by atoms with E-state index in [2.05, 4.69) is 24.1 Å². The molecule has 0 saturated carbocycles. The maximum atomic E-state index is 11.3. The Balaban J connectivity index is 2.20. The molecule has 0 bridgehead atoms. The standard InChI is InChI=1S/C16H20N2O2/c1-11(2)6-5-9-17-15-10-13(16(19)20)12-7-3-4-8-14(12)18-15/h3-4,7-8,10-11H,5-6,9H2,1-2H3,(H,17,18)(H,19,20). The molecule has 0 radical (unpaired) electrons. The van der Waals surface area contributed by atoms with E-state index in [1.165, 1.54) is 0 Å². The molecule has 0 unspecified atom stereocenters. The van der Waals surface area contributed by atoms with E-state index in [-0.39, 0.29) is 0 Å². The van der Waals surface area contributed by atoms with Gasteiger partial charge in [-0.15, -0.1) is 0 Å². The number of rotatable bonds is 6. The number of aromatic carboxylic acids is 1. The summed E-state index contributed by atoms with van der Waals surface area (Å²) in [6.45, 7) is 5.19. The topological polar surface area (TPSA) is 62.2 Å². The fourth-order valence-electron chi connectivity index (χ4n) is 2.17. The normalized spacial score (nSPS) is 10.9. The Morgan fingerprint density at radius 1 is 1.35 bits per heavy atom. The summed E-state index contributed by atoms with van der Waals surface area (Å²) in [4.78, 5) is 15.8. The predicted molar refractivity (Wildman–Crippen MR) is 81.3 cm³/mol. The number of carbonyl (C=O) groups is 1. The van der Waals surface area contributed by atoms with E-state index in [0.717, 1.165) is 19.4 Å². The third-order valence-electron chi connectivity index (χ3n) is 3.21. The van der Waals surface area contributed by atoms with E-state index in [9.17, 15) is 9.90 Å². The Morgan fingerprint density at radius 3 is 2.80 bits per heavy atom. The Labute approximate surface area is 118 Å². The van der Waals surface area contributed by atoms with Gasteiger partial charge in [-0.05, 0) is 30.9 Å². The van der Waals surface area contributed by atoms with Crippen molar-refractivity contribution in [1.29, 1.82) is 0 Å². The van der Waals surface area contributed by atoms with Crippen LogP contribution in [0.5, 0.6) is 0 Å². The summed E-state index contributed by atoms with van der Waals surface area (Å²) in [5.41, 5.74) is 1.00. The molecule has 0 saturated heterocycles. The third kappa shape index (κ3) is 3.47. The van der Waals surface area contributed by atoms with E-state index < -0.39 is 5.97 Å². The van der Waals surface area contributed by atoms with Crippen molar-refractivity contribution in [3.63, 3.8) is 0 Å². The summed E-state index contributed by atoms with van der Waals surface area (Å²) < 4.78 is 0. The number of fused-ring (bicyclic) bond motifs is 1. The molecular formula is C16H20N2O2. The summed E-state index contributed by atoms with van der Waals surface area (Å²) in [7, 11) is 0. The molecule has 2 rings (SSSR count). The number of aromatic nitrogens is 1. The van der Waals surface area contributed by atoms with E-state index in [0.29, 0.717) is 28.2 Å². The molecule has 4 heteroatoms. The molecule has 0 aliphatic carbocycles. The van der Waals surface area contributed by atoms with Crippen LogP contribution in [-0.2, 0) is 0 Å². The molecule has 0 fully saturated rings. The number of anilines is 1. The zero-order chi connectivity index (χ0) is 14.5. The molecule has 0 atom stereocenters. The van der Waals surface area contributed by atoms with Gasteiger partial charge in [0, 0.05) is 11.9 Å². The van der Waals surface area contributed by atoms with Gasteiger partial charge in [-0.25, -0.2) is 9.78 Å². The largest absolute Gasteiger partial charge is 0.478 e. The fourth-order valence-corrected chi connectivity index (χ4v) is 2.17. The van der Waals surface area contributed by atoms with Crippen LogP contribution in [0.15, 0.2) is 30.3 Å². The number of carboxylic acid groups (broad SMARTS) is 1. The van der Waals surface area contributed by atoms with Crippen LogP contribution < -0.4 is 5.32 Å². The maximum Gasteiger partial charge on any atom is 0.336 e. The number of benzene rings is 1. The number of carboxylic acids is 1. The van der Waals surface area contributed by atoms with Gasteiger partial charge in [-0.1, -0.05) is 32.0 Å². The van der Waals surface area contributed by atoms with Crippen LogP contribution >= 0.6 is 0 Å². The highest BCUT2D eigenvalue weighted by Crippen LogP contribution is 2.20. The number of pyridine rings is 1. The summed E-state index contributed by atoms with van der Waals surface area (Å²) in [5, 5.41) is 13.2. The molecule has 1 aromatic heterocycles. The van der Waals surface area contributed by atoms with Crippen LogP contribution in [0.3, 0.4) is 0 Å². The highest BCUT2D eigenvalue weighted by Gasteiger charge is 2.11. The highest BCUT2D eigenvalue weighted by atomic mass is 16.4. The first-order chi connectivity index (χ1) is 9.58. The Hall–Kier alpha value is -2.10. The van der Waals surface area contributed by atoms with Crippen molar-refractivity contribution in [3.05, 3.63) is 35.9 Å². The van der Waals surface area contributed by atoms with Crippen molar-refractivity contribution < 1.29 is 9.90 Å². The van der Waals surface area contributed by atoms with Gasteiger partial charge in [0.25, 0.3) is 0 Å². The zero-order valence-corrected chi connectivity index (χ0v) is 11.9. The molecule has 1 heterocycles. The van der Waals surface area contributed by atoms with Crippen LogP contribution in [0.1, 0.15) is 37.0 Å². The molecule has 0 aliphatic heterocycles. The average Bonchev–Trinajstić information content (AvgIpc) is 2.42. The van der Waals surface area contributed by atoms with Crippen molar-refractivity contribution >= 4 is 22.7 Å². The second-order valence-corrected chi connectivity index (χ2v) is 5.34. The van der Waals surface area contributed by atoms with Crippen LogP contribution in [-0.4, -0.2) is 22.6 Å². The molecule has 0 amide bonds. The first kappa shape index (κ1) is 14.3. The molecule has 4 nitrogen and oxygen atoms in total. The maximum absolute atomic E-state index is 11.3. The van der Waals surface area contributed by atoms with Crippen molar-refractivity contribution in [2.45, 2.75) is 26.7 Å². The predicted octanol–water partition coefficient (Wildman–Crippen LogP) is 3.78. The van der Waals surface area contributed by atoms with Crippen molar-refractivity contribution in [2.24, 2.45) is 5.92 Å². The minimum absolute atomic E-state index is 0.293. The SMILES string of the molecule is CC(C)CCCNc1cc(C(=O)O)c2ccccc2n1. The summed E-state index contributed by atoms with van der Waals surface area (Å²) in [6.07, 6.45) is 2.20. The lowest BCUT2D eigenvalue weighted by atomic mass is 10.1.